The molecule has 2 N–H and O–H groups in total. The van der Waals surface area contributed by atoms with Gasteiger partial charge in [0.2, 0.25) is 11.8 Å². The first-order valence-corrected chi connectivity index (χ1v) is 7.03. The molecule has 7 heteroatoms. The summed E-state index contributed by atoms with van der Waals surface area (Å²) >= 11 is 0. The van der Waals surface area contributed by atoms with E-state index in [2.05, 4.69) is 10.6 Å². The van der Waals surface area contributed by atoms with Crippen molar-refractivity contribution in [1.82, 2.24) is 0 Å². The number of halogens is 3. The fraction of sp³-hybridized carbons (Fsp3) is 0.176. The first-order chi connectivity index (χ1) is 11.2. The highest BCUT2D eigenvalue weighted by molar-refractivity contribution is 5.90. The number of amides is 2. The van der Waals surface area contributed by atoms with Gasteiger partial charge in [-0.1, -0.05) is 18.2 Å². The molecule has 0 radical (unpaired) electrons. The molecule has 0 saturated heterocycles. The van der Waals surface area contributed by atoms with Crippen LogP contribution in [0.15, 0.2) is 42.5 Å². The number of nitrogens with one attached hydrogen (secondary N) is 2. The van der Waals surface area contributed by atoms with Crippen LogP contribution >= 0.6 is 0 Å². The summed E-state index contributed by atoms with van der Waals surface area (Å²) in [5.41, 5.74) is 0.0703. The third kappa shape index (κ3) is 4.34. The molecule has 2 aromatic carbocycles. The van der Waals surface area contributed by atoms with Crippen molar-refractivity contribution >= 4 is 23.2 Å². The second-order valence-corrected chi connectivity index (χ2v) is 5.20. The minimum absolute atomic E-state index is 0.00835. The van der Waals surface area contributed by atoms with Crippen LogP contribution in [-0.2, 0) is 15.8 Å². The smallest absolute Gasteiger partial charge is 0.326 e. The number of benzene rings is 2. The minimum atomic E-state index is -4.57. The Morgan fingerprint density at radius 1 is 0.833 bits per heavy atom. The molecule has 2 rings (SSSR count). The van der Waals surface area contributed by atoms with Crippen molar-refractivity contribution in [3.63, 3.8) is 0 Å². The third-order valence-corrected chi connectivity index (χ3v) is 3.16. The van der Waals surface area contributed by atoms with Crippen molar-refractivity contribution in [3.05, 3.63) is 48.0 Å². The van der Waals surface area contributed by atoms with Crippen molar-refractivity contribution in [2.24, 2.45) is 0 Å². The van der Waals surface area contributed by atoms with Crippen LogP contribution in [0.3, 0.4) is 0 Å². The maximum atomic E-state index is 13.3. The van der Waals surface area contributed by atoms with E-state index in [0.717, 1.165) is 6.07 Å². The van der Waals surface area contributed by atoms with Crippen LogP contribution in [0, 0.1) is 0 Å². The summed E-state index contributed by atoms with van der Waals surface area (Å²) in [6.45, 7) is 2.57. The Hall–Kier alpha value is -2.83. The van der Waals surface area contributed by atoms with Gasteiger partial charge >= 0.3 is 6.18 Å². The monoisotopic (exact) mass is 336 g/mol. The summed E-state index contributed by atoms with van der Waals surface area (Å²) in [6, 6.07) is 9.66. The highest BCUT2D eigenvalue weighted by Crippen LogP contribution is 2.38. The van der Waals surface area contributed by atoms with E-state index in [4.69, 9.17) is 0 Å². The first kappa shape index (κ1) is 17.5. The van der Waals surface area contributed by atoms with E-state index in [1.54, 1.807) is 0 Å². The molecular formula is C17H15F3N2O2. The maximum absolute atomic E-state index is 13.3. The molecule has 0 aromatic heterocycles. The number of carbonyl (C=O) groups excluding carboxylic acids is 2. The van der Waals surface area contributed by atoms with Crippen LogP contribution in [0.5, 0.6) is 0 Å². The number of hydrogen-bond acceptors (Lipinski definition) is 2. The topological polar surface area (TPSA) is 58.2 Å². The molecule has 2 amide bonds. The summed E-state index contributed by atoms with van der Waals surface area (Å²) in [7, 11) is 0. The molecule has 0 aliphatic carbocycles. The van der Waals surface area contributed by atoms with Crippen molar-refractivity contribution in [1.29, 1.82) is 0 Å². The average Bonchev–Trinajstić information content (AvgIpc) is 2.46. The highest BCUT2D eigenvalue weighted by Gasteiger charge is 2.34. The van der Waals surface area contributed by atoms with Gasteiger partial charge in [0.05, 0.1) is 5.56 Å². The van der Waals surface area contributed by atoms with Crippen molar-refractivity contribution in [2.75, 3.05) is 10.6 Å². The largest absolute Gasteiger partial charge is 0.417 e. The van der Waals surface area contributed by atoms with E-state index in [1.165, 1.54) is 50.2 Å². The molecule has 4 nitrogen and oxygen atoms in total. The summed E-state index contributed by atoms with van der Waals surface area (Å²) < 4.78 is 40.0. The first-order valence-electron chi connectivity index (χ1n) is 7.03. The molecule has 0 unspecified atom stereocenters. The Kier molecular flexibility index (Phi) is 4.92. The zero-order valence-electron chi connectivity index (χ0n) is 13.0. The van der Waals surface area contributed by atoms with Crippen LogP contribution in [0.25, 0.3) is 11.1 Å². The van der Waals surface area contributed by atoms with E-state index < -0.39 is 17.6 Å². The average molecular weight is 336 g/mol. The van der Waals surface area contributed by atoms with E-state index in [9.17, 15) is 22.8 Å². The molecule has 0 bridgehead atoms. The Morgan fingerprint density at radius 3 is 1.83 bits per heavy atom. The quantitative estimate of drug-likeness (QED) is 0.878. The number of rotatable bonds is 3. The molecule has 0 aliphatic rings. The van der Waals surface area contributed by atoms with E-state index >= 15 is 0 Å². The van der Waals surface area contributed by atoms with Crippen LogP contribution in [0.1, 0.15) is 19.4 Å². The van der Waals surface area contributed by atoms with E-state index in [0.29, 0.717) is 11.3 Å². The van der Waals surface area contributed by atoms with Gasteiger partial charge in [0, 0.05) is 25.2 Å². The van der Waals surface area contributed by atoms with E-state index in [-0.39, 0.29) is 17.2 Å². The van der Waals surface area contributed by atoms with Gasteiger partial charge in [-0.05, 0) is 35.4 Å². The Balaban J connectivity index is 2.45. The predicted octanol–water partition coefficient (Wildman–Crippen LogP) is 4.29. The lowest BCUT2D eigenvalue weighted by atomic mass is 9.98. The van der Waals surface area contributed by atoms with Crippen LogP contribution in [0.2, 0.25) is 0 Å². The second-order valence-electron chi connectivity index (χ2n) is 5.20. The Bertz CT molecular complexity index is 768. The summed E-state index contributed by atoms with van der Waals surface area (Å²) in [6.07, 6.45) is -4.57. The van der Waals surface area contributed by atoms with Gasteiger partial charge < -0.3 is 10.6 Å². The lowest BCUT2D eigenvalue weighted by Gasteiger charge is -2.15. The molecule has 0 spiro atoms. The lowest BCUT2D eigenvalue weighted by Crippen LogP contribution is -2.11. The van der Waals surface area contributed by atoms with Gasteiger partial charge in [0.15, 0.2) is 0 Å². The van der Waals surface area contributed by atoms with Gasteiger partial charge in [-0.25, -0.2) is 0 Å². The Labute approximate surface area is 136 Å². The molecule has 24 heavy (non-hydrogen) atoms. The normalized spacial score (nSPS) is 11.0. The molecule has 0 heterocycles. The Morgan fingerprint density at radius 2 is 1.33 bits per heavy atom. The standard InChI is InChI=1S/C17H15F3N2O2/c1-10(23)21-13-5-3-12(4-6-13)15-8-7-14(22-11(2)24)9-16(15)17(18,19)20/h3-9H,1-2H3,(H,21,23)(H,22,24). The number of hydrogen-bond donors (Lipinski definition) is 2. The van der Waals surface area contributed by atoms with Crippen LogP contribution in [-0.4, -0.2) is 11.8 Å². The third-order valence-electron chi connectivity index (χ3n) is 3.16. The zero-order chi connectivity index (χ0) is 17.9. The van der Waals surface area contributed by atoms with E-state index in [1.807, 2.05) is 0 Å². The van der Waals surface area contributed by atoms with Gasteiger partial charge in [-0.2, -0.15) is 13.2 Å². The maximum Gasteiger partial charge on any atom is 0.417 e. The van der Waals surface area contributed by atoms with Gasteiger partial charge in [-0.15, -0.1) is 0 Å². The summed E-state index contributed by atoms with van der Waals surface area (Å²) in [4.78, 5) is 22.0. The van der Waals surface area contributed by atoms with Gasteiger partial charge in [0.25, 0.3) is 0 Å². The summed E-state index contributed by atoms with van der Waals surface area (Å²) in [5.74, 6) is -0.714. The molecule has 0 aliphatic heterocycles. The summed E-state index contributed by atoms with van der Waals surface area (Å²) in [5, 5.41) is 4.89. The van der Waals surface area contributed by atoms with Crippen molar-refractivity contribution in [2.45, 2.75) is 20.0 Å². The minimum Gasteiger partial charge on any atom is -0.326 e. The molecular weight excluding hydrogens is 321 g/mol. The zero-order valence-corrected chi connectivity index (χ0v) is 13.0. The highest BCUT2D eigenvalue weighted by atomic mass is 19.4. The molecule has 126 valence electrons. The molecule has 0 fully saturated rings. The van der Waals surface area contributed by atoms with Gasteiger partial charge in [0.1, 0.15) is 0 Å². The molecule has 2 aromatic rings. The van der Waals surface area contributed by atoms with Crippen LogP contribution < -0.4 is 10.6 Å². The fourth-order valence-corrected chi connectivity index (χ4v) is 2.25. The van der Waals surface area contributed by atoms with Gasteiger partial charge in [-0.3, -0.25) is 9.59 Å². The number of alkyl halides is 3. The fourth-order valence-electron chi connectivity index (χ4n) is 2.25. The predicted molar refractivity (Wildman–Crippen MR) is 85.5 cm³/mol. The van der Waals surface area contributed by atoms with Crippen LogP contribution in [0.4, 0.5) is 24.5 Å². The number of carbonyl (C=O) groups is 2. The lowest BCUT2D eigenvalue weighted by molar-refractivity contribution is -0.137. The SMILES string of the molecule is CC(=O)Nc1ccc(-c2ccc(NC(C)=O)cc2C(F)(F)F)cc1. The molecule has 0 atom stereocenters. The second kappa shape index (κ2) is 6.74. The van der Waals surface area contributed by atoms with Crippen molar-refractivity contribution in [3.8, 4) is 11.1 Å². The molecule has 0 saturated carbocycles. The number of anilines is 2. The van der Waals surface area contributed by atoms with Crippen molar-refractivity contribution < 1.29 is 22.8 Å².